The smallest absolute Gasteiger partial charge is 0.164 e. The van der Waals surface area contributed by atoms with E-state index in [9.17, 15) is 0 Å². The molecule has 8 aromatic carbocycles. The Bertz CT molecular complexity index is 3020. The van der Waals surface area contributed by atoms with Crippen LogP contribution in [0, 0.1) is 0 Å². The summed E-state index contributed by atoms with van der Waals surface area (Å²) in [6.07, 6.45) is 0. The second kappa shape index (κ2) is 13.1. The molecule has 0 atom stereocenters. The maximum absolute atomic E-state index is 5.34. The van der Waals surface area contributed by atoms with Crippen LogP contribution in [0.4, 0.5) is 0 Å². The van der Waals surface area contributed by atoms with E-state index in [1.54, 1.807) is 0 Å². The summed E-state index contributed by atoms with van der Waals surface area (Å²) in [6.45, 7) is 0. The van der Waals surface area contributed by atoms with E-state index < -0.39 is 5.41 Å². The Balaban J connectivity index is 1.10. The highest BCUT2D eigenvalue weighted by atomic mass is 32.1. The zero-order valence-corrected chi connectivity index (χ0v) is 31.1. The first kappa shape index (κ1) is 32.4. The van der Waals surface area contributed by atoms with Crippen molar-refractivity contribution in [2.75, 3.05) is 0 Å². The molecule has 2 heterocycles. The predicted octanol–water partition coefficient (Wildman–Crippen LogP) is 13.3. The van der Waals surface area contributed by atoms with Gasteiger partial charge in [-0.05, 0) is 56.6 Å². The molecule has 11 rings (SSSR count). The van der Waals surface area contributed by atoms with E-state index in [0.29, 0.717) is 17.5 Å². The fraction of sp³-hybridized carbons (Fsp3) is 0.0192. The number of benzene rings is 8. The van der Waals surface area contributed by atoms with Gasteiger partial charge < -0.3 is 0 Å². The standard InChI is InChI=1S/C52H33N3S/c1-4-15-35(16-5-1)49-53-50(36-29-27-34(28-30-36)37-31-32-42-41-22-11-13-26-46(41)56-47(42)33-37)55-51(54-49)44-24-14-23-43-40-21-10-12-25-45(40)52(48(43)44,38-17-6-2-7-18-38)39-19-8-3-9-20-39/h1-33H. The third kappa shape index (κ3) is 5.07. The lowest BCUT2D eigenvalue weighted by Gasteiger charge is -2.35. The van der Waals surface area contributed by atoms with Crippen molar-refractivity contribution < 1.29 is 0 Å². The summed E-state index contributed by atoms with van der Waals surface area (Å²) in [6, 6.07) is 71.5. The van der Waals surface area contributed by atoms with Crippen LogP contribution < -0.4 is 0 Å². The Morgan fingerprint density at radius 3 is 1.59 bits per heavy atom. The van der Waals surface area contributed by atoms with Crippen molar-refractivity contribution in [2.45, 2.75) is 5.41 Å². The molecule has 0 saturated carbocycles. The van der Waals surface area contributed by atoms with E-state index in [1.165, 1.54) is 59.1 Å². The maximum atomic E-state index is 5.34. The highest BCUT2D eigenvalue weighted by Crippen LogP contribution is 2.58. The van der Waals surface area contributed by atoms with Gasteiger partial charge in [0.1, 0.15) is 0 Å². The first-order chi connectivity index (χ1) is 27.8. The fourth-order valence-corrected chi connectivity index (χ4v) is 9.89. The van der Waals surface area contributed by atoms with Gasteiger partial charge in [0.05, 0.1) is 5.41 Å². The number of thiophene rings is 1. The van der Waals surface area contributed by atoms with E-state index in [2.05, 4.69) is 182 Å². The van der Waals surface area contributed by atoms with Gasteiger partial charge in [-0.1, -0.05) is 188 Å². The van der Waals surface area contributed by atoms with Gasteiger partial charge in [0, 0.05) is 36.9 Å². The number of hydrogen-bond donors (Lipinski definition) is 0. The van der Waals surface area contributed by atoms with Crippen molar-refractivity contribution in [3.63, 3.8) is 0 Å². The Kier molecular flexibility index (Phi) is 7.58. The third-order valence-corrected chi connectivity index (χ3v) is 12.4. The van der Waals surface area contributed by atoms with E-state index in [-0.39, 0.29) is 0 Å². The summed E-state index contributed by atoms with van der Waals surface area (Å²) >= 11 is 1.84. The molecule has 4 heteroatoms. The van der Waals surface area contributed by atoms with Crippen molar-refractivity contribution in [2.24, 2.45) is 0 Å². The molecule has 0 aliphatic heterocycles. The summed E-state index contributed by atoms with van der Waals surface area (Å²) in [5, 5.41) is 2.61. The minimum Gasteiger partial charge on any atom is -0.208 e. The van der Waals surface area contributed by atoms with Gasteiger partial charge in [0.2, 0.25) is 0 Å². The zero-order chi connectivity index (χ0) is 37.1. The number of nitrogens with zero attached hydrogens (tertiary/aromatic N) is 3. The van der Waals surface area contributed by atoms with E-state index in [4.69, 9.17) is 15.0 Å². The van der Waals surface area contributed by atoms with Gasteiger partial charge in [-0.3, -0.25) is 0 Å². The van der Waals surface area contributed by atoms with Crippen LogP contribution in [-0.4, -0.2) is 15.0 Å². The number of rotatable bonds is 6. The summed E-state index contributed by atoms with van der Waals surface area (Å²) in [5.41, 5.74) is 11.9. The molecule has 0 saturated heterocycles. The fourth-order valence-electron chi connectivity index (χ4n) is 8.75. The van der Waals surface area contributed by atoms with Gasteiger partial charge in [-0.15, -0.1) is 11.3 Å². The Morgan fingerprint density at radius 2 is 0.857 bits per heavy atom. The molecule has 1 aliphatic carbocycles. The predicted molar refractivity (Wildman–Crippen MR) is 232 cm³/mol. The van der Waals surface area contributed by atoms with Crippen LogP contribution in [0.5, 0.6) is 0 Å². The van der Waals surface area contributed by atoms with E-state index in [0.717, 1.165) is 22.3 Å². The zero-order valence-electron chi connectivity index (χ0n) is 30.3. The molecule has 0 radical (unpaired) electrons. The minimum atomic E-state index is -0.595. The molecular formula is C52H33N3S. The molecule has 0 N–H and O–H groups in total. The van der Waals surface area contributed by atoms with Crippen molar-refractivity contribution in [1.29, 1.82) is 0 Å². The van der Waals surface area contributed by atoms with Crippen LogP contribution in [-0.2, 0) is 5.41 Å². The van der Waals surface area contributed by atoms with Gasteiger partial charge in [-0.25, -0.2) is 15.0 Å². The normalized spacial score (nSPS) is 12.8. The summed E-state index contributed by atoms with van der Waals surface area (Å²) in [5.74, 6) is 1.93. The van der Waals surface area contributed by atoms with Gasteiger partial charge >= 0.3 is 0 Å². The summed E-state index contributed by atoms with van der Waals surface area (Å²) < 4.78 is 2.61. The van der Waals surface area contributed by atoms with Crippen molar-refractivity contribution in [3.8, 4) is 56.4 Å². The van der Waals surface area contributed by atoms with Crippen LogP contribution in [0.15, 0.2) is 200 Å². The van der Waals surface area contributed by atoms with Crippen LogP contribution in [0.25, 0.3) is 76.6 Å². The molecule has 3 nitrogen and oxygen atoms in total. The molecular weight excluding hydrogens is 699 g/mol. The van der Waals surface area contributed by atoms with Gasteiger partial charge in [0.25, 0.3) is 0 Å². The molecule has 56 heavy (non-hydrogen) atoms. The quantitative estimate of drug-likeness (QED) is 0.171. The number of aromatic nitrogens is 3. The van der Waals surface area contributed by atoms with Crippen molar-refractivity contribution >= 4 is 31.5 Å². The second-order valence-corrected chi connectivity index (χ2v) is 15.4. The topological polar surface area (TPSA) is 38.7 Å². The average Bonchev–Trinajstić information content (AvgIpc) is 3.81. The lowest BCUT2D eigenvalue weighted by atomic mass is 9.66. The van der Waals surface area contributed by atoms with E-state index >= 15 is 0 Å². The molecule has 0 amide bonds. The highest BCUT2D eigenvalue weighted by molar-refractivity contribution is 7.25. The number of fused-ring (bicyclic) bond motifs is 6. The molecule has 0 fully saturated rings. The Hall–Kier alpha value is -7.01. The maximum Gasteiger partial charge on any atom is 0.164 e. The minimum absolute atomic E-state index is 0.595. The number of hydrogen-bond acceptors (Lipinski definition) is 4. The average molecular weight is 732 g/mol. The van der Waals surface area contributed by atoms with Crippen molar-refractivity contribution in [1.82, 2.24) is 15.0 Å². The monoisotopic (exact) mass is 731 g/mol. The largest absolute Gasteiger partial charge is 0.208 e. The van der Waals surface area contributed by atoms with Gasteiger partial charge in [0.15, 0.2) is 17.5 Å². The highest BCUT2D eigenvalue weighted by Gasteiger charge is 2.47. The summed E-state index contributed by atoms with van der Waals surface area (Å²) in [4.78, 5) is 15.8. The Labute approximate surface area is 329 Å². The second-order valence-electron chi connectivity index (χ2n) is 14.3. The van der Waals surface area contributed by atoms with Crippen LogP contribution in [0.2, 0.25) is 0 Å². The van der Waals surface area contributed by atoms with Crippen LogP contribution in [0.3, 0.4) is 0 Å². The molecule has 0 spiro atoms. The molecule has 262 valence electrons. The first-order valence-corrected chi connectivity index (χ1v) is 19.8. The molecule has 2 aromatic heterocycles. The Morgan fingerprint density at radius 1 is 0.339 bits per heavy atom. The lowest BCUT2D eigenvalue weighted by Crippen LogP contribution is -2.29. The van der Waals surface area contributed by atoms with Crippen molar-refractivity contribution in [3.05, 3.63) is 222 Å². The third-order valence-electron chi connectivity index (χ3n) is 11.2. The van der Waals surface area contributed by atoms with Gasteiger partial charge in [-0.2, -0.15) is 0 Å². The molecule has 1 aliphatic rings. The molecule has 0 unspecified atom stereocenters. The van der Waals surface area contributed by atoms with E-state index in [1.807, 2.05) is 29.5 Å². The SMILES string of the molecule is c1ccc(-c2nc(-c3ccc(-c4ccc5c(c4)sc4ccccc45)cc3)nc(-c3cccc4c3C(c3ccccc3)(c3ccccc3)c3ccccc3-4)n2)cc1. The van der Waals surface area contributed by atoms with Crippen LogP contribution in [0.1, 0.15) is 22.3 Å². The summed E-state index contributed by atoms with van der Waals surface area (Å²) in [7, 11) is 0. The molecule has 0 bridgehead atoms. The van der Waals surface area contributed by atoms with Crippen LogP contribution >= 0.6 is 11.3 Å². The molecule has 10 aromatic rings. The lowest BCUT2D eigenvalue weighted by molar-refractivity contribution is 0.769. The first-order valence-electron chi connectivity index (χ1n) is 18.9.